The number of likely N-dealkylation sites (tertiary alicyclic amines) is 2. The highest BCUT2D eigenvalue weighted by molar-refractivity contribution is 5.74. The number of aliphatic carboxylic acids is 1. The summed E-state index contributed by atoms with van der Waals surface area (Å²) < 4.78 is 7.52. The zero-order valence-electron chi connectivity index (χ0n) is 26.9. The molecular formula is C36H50N4O3. The number of carbonyl (C=O) groups is 1. The van der Waals surface area contributed by atoms with Gasteiger partial charge in [0.15, 0.2) is 0 Å². The fourth-order valence-electron chi connectivity index (χ4n) is 7.50. The van der Waals surface area contributed by atoms with Crippen LogP contribution >= 0.6 is 0 Å². The lowest BCUT2D eigenvalue weighted by atomic mass is 9.85. The van der Waals surface area contributed by atoms with E-state index in [0.717, 1.165) is 70.0 Å². The lowest BCUT2D eigenvalue weighted by Gasteiger charge is -2.36. The number of aryl methyl sites for hydroxylation is 2. The second-order valence-electron chi connectivity index (χ2n) is 13.8. The van der Waals surface area contributed by atoms with E-state index in [-0.39, 0.29) is 5.41 Å². The van der Waals surface area contributed by atoms with Crippen LogP contribution < -0.4 is 4.74 Å². The normalized spacial score (nSPS) is 21.3. The molecule has 7 nitrogen and oxygen atoms in total. The molecule has 3 atom stereocenters. The first-order valence-corrected chi connectivity index (χ1v) is 16.0. The predicted molar refractivity (Wildman–Crippen MR) is 172 cm³/mol. The number of nitrogens with zero attached hydrogens (tertiary/aromatic N) is 4. The van der Waals surface area contributed by atoms with E-state index in [4.69, 9.17) is 9.84 Å². The molecule has 43 heavy (non-hydrogen) atoms. The maximum Gasteiger partial charge on any atom is 0.321 e. The Kier molecular flexibility index (Phi) is 9.62. The van der Waals surface area contributed by atoms with Crippen molar-refractivity contribution in [3.8, 4) is 5.75 Å². The van der Waals surface area contributed by atoms with Crippen molar-refractivity contribution in [2.75, 3.05) is 39.8 Å². The van der Waals surface area contributed by atoms with Crippen molar-refractivity contribution in [3.63, 3.8) is 0 Å². The maximum atomic E-state index is 12.4. The number of rotatable bonds is 10. The average molecular weight is 587 g/mol. The van der Waals surface area contributed by atoms with Gasteiger partial charge in [-0.2, -0.15) is 5.10 Å². The number of aromatic nitrogens is 2. The zero-order valence-corrected chi connectivity index (χ0v) is 26.9. The molecule has 3 unspecified atom stereocenters. The fraction of sp³-hybridized carbons (Fsp3) is 0.556. The van der Waals surface area contributed by atoms with E-state index >= 15 is 0 Å². The second kappa shape index (κ2) is 13.2. The van der Waals surface area contributed by atoms with E-state index in [1.54, 1.807) is 7.11 Å². The minimum atomic E-state index is -0.712. The summed E-state index contributed by atoms with van der Waals surface area (Å²) in [5.41, 5.74) is 6.02. The molecule has 5 rings (SSSR count). The number of ether oxygens (including phenoxy) is 1. The van der Waals surface area contributed by atoms with Gasteiger partial charge in [0.25, 0.3) is 0 Å². The molecule has 0 spiro atoms. The summed E-state index contributed by atoms with van der Waals surface area (Å²) in [5, 5.41) is 15.2. The lowest BCUT2D eigenvalue weighted by Crippen LogP contribution is -2.48. The van der Waals surface area contributed by atoms with Crippen molar-refractivity contribution in [1.82, 2.24) is 19.6 Å². The van der Waals surface area contributed by atoms with E-state index in [1.807, 2.05) is 12.1 Å². The topological polar surface area (TPSA) is 70.8 Å². The van der Waals surface area contributed by atoms with Crippen LogP contribution in [0.3, 0.4) is 0 Å². The van der Waals surface area contributed by atoms with Gasteiger partial charge >= 0.3 is 5.97 Å². The quantitative estimate of drug-likeness (QED) is 0.305. The molecule has 0 radical (unpaired) electrons. The summed E-state index contributed by atoms with van der Waals surface area (Å²) >= 11 is 0. The third-order valence-electron chi connectivity index (χ3n) is 9.56. The molecule has 2 aliphatic rings. The first kappa shape index (κ1) is 31.3. The molecule has 2 aromatic carbocycles. The SMILES string of the molecule is CCn1nc(Cc2ccc(OC)cc2)cc1C1CCN(CC2CN(C(C(=O)O)C(C)(C)C)CC2c2cccc(C)c2)CC1. The summed E-state index contributed by atoms with van der Waals surface area (Å²) in [5.74, 6) is 1.42. The molecular weight excluding hydrogens is 536 g/mol. The number of hydrogen-bond acceptors (Lipinski definition) is 5. The molecule has 0 aliphatic carbocycles. The lowest BCUT2D eigenvalue weighted by molar-refractivity contribution is -0.147. The van der Waals surface area contributed by atoms with Gasteiger partial charge in [-0.15, -0.1) is 0 Å². The number of methoxy groups -OCH3 is 1. The van der Waals surface area contributed by atoms with Crippen LogP contribution in [0.5, 0.6) is 5.75 Å². The van der Waals surface area contributed by atoms with Gasteiger partial charge in [0.2, 0.25) is 0 Å². The van der Waals surface area contributed by atoms with E-state index in [0.29, 0.717) is 17.8 Å². The molecule has 3 heterocycles. The number of hydrogen-bond donors (Lipinski definition) is 1. The zero-order chi connectivity index (χ0) is 30.7. The van der Waals surface area contributed by atoms with Gasteiger partial charge in [-0.1, -0.05) is 62.7 Å². The van der Waals surface area contributed by atoms with Gasteiger partial charge in [-0.25, -0.2) is 0 Å². The Morgan fingerprint density at radius 2 is 1.79 bits per heavy atom. The first-order chi connectivity index (χ1) is 20.5. The number of benzene rings is 2. The molecule has 0 amide bonds. The van der Waals surface area contributed by atoms with Crippen LogP contribution in [-0.4, -0.2) is 76.5 Å². The van der Waals surface area contributed by atoms with E-state index in [2.05, 4.69) is 91.6 Å². The molecule has 2 aliphatic heterocycles. The van der Waals surface area contributed by atoms with Crippen LogP contribution in [0.2, 0.25) is 0 Å². The second-order valence-corrected chi connectivity index (χ2v) is 13.8. The van der Waals surface area contributed by atoms with Gasteiger partial charge in [0.05, 0.1) is 12.8 Å². The Labute approximate surface area is 257 Å². The Bertz CT molecular complexity index is 1370. The highest BCUT2D eigenvalue weighted by atomic mass is 16.5. The van der Waals surface area contributed by atoms with Crippen molar-refractivity contribution >= 4 is 5.97 Å². The summed E-state index contributed by atoms with van der Waals surface area (Å²) in [7, 11) is 1.70. The number of piperidine rings is 1. The van der Waals surface area contributed by atoms with Crippen LogP contribution in [-0.2, 0) is 17.8 Å². The van der Waals surface area contributed by atoms with Crippen LogP contribution in [0.4, 0.5) is 0 Å². The number of carboxylic acids is 1. The summed E-state index contributed by atoms with van der Waals surface area (Å²) in [6, 6.07) is 18.9. The van der Waals surface area contributed by atoms with Crippen molar-refractivity contribution in [2.24, 2.45) is 11.3 Å². The summed E-state index contributed by atoms with van der Waals surface area (Å²) in [6.45, 7) is 16.1. The van der Waals surface area contributed by atoms with E-state index in [9.17, 15) is 9.90 Å². The highest BCUT2D eigenvalue weighted by Crippen LogP contribution is 2.39. The van der Waals surface area contributed by atoms with E-state index < -0.39 is 12.0 Å². The molecule has 3 aromatic rings. The third kappa shape index (κ3) is 7.32. The van der Waals surface area contributed by atoms with Crippen LogP contribution in [0.15, 0.2) is 54.6 Å². The Balaban J connectivity index is 1.26. The van der Waals surface area contributed by atoms with Crippen molar-refractivity contribution in [1.29, 1.82) is 0 Å². The standard InChI is InChI=1S/C36H50N4O3/c1-7-40-33(21-30(37-40)20-26-11-13-31(43-6)14-12-26)27-15-17-38(18-16-27)22-29-23-39(34(35(41)42)36(3,4)5)24-32(29)28-10-8-9-25(2)19-28/h8-14,19,21,27,29,32,34H,7,15-18,20,22-24H2,1-6H3,(H,41,42). The predicted octanol–water partition coefficient (Wildman–Crippen LogP) is 6.21. The van der Waals surface area contributed by atoms with E-state index in [1.165, 1.54) is 22.4 Å². The molecule has 2 fully saturated rings. The van der Waals surface area contributed by atoms with Crippen molar-refractivity contribution in [2.45, 2.75) is 78.3 Å². The Morgan fingerprint density at radius 3 is 2.40 bits per heavy atom. The van der Waals surface area contributed by atoms with Crippen molar-refractivity contribution in [3.05, 3.63) is 82.7 Å². The number of carboxylic acid groups (broad SMARTS) is 1. The monoisotopic (exact) mass is 586 g/mol. The molecule has 2 saturated heterocycles. The van der Waals surface area contributed by atoms with Gasteiger partial charge in [0, 0.05) is 50.1 Å². The smallest absolute Gasteiger partial charge is 0.321 e. The highest BCUT2D eigenvalue weighted by Gasteiger charge is 2.44. The van der Waals surface area contributed by atoms with Gasteiger partial charge in [-0.3, -0.25) is 14.4 Å². The largest absolute Gasteiger partial charge is 0.497 e. The molecule has 232 valence electrons. The summed E-state index contributed by atoms with van der Waals surface area (Å²) in [6.07, 6.45) is 3.07. The van der Waals surface area contributed by atoms with Crippen LogP contribution in [0.1, 0.15) is 80.5 Å². The first-order valence-electron chi connectivity index (χ1n) is 16.0. The minimum Gasteiger partial charge on any atom is -0.497 e. The molecule has 1 aromatic heterocycles. The molecule has 1 N–H and O–H groups in total. The van der Waals surface area contributed by atoms with Crippen molar-refractivity contribution < 1.29 is 14.6 Å². The summed E-state index contributed by atoms with van der Waals surface area (Å²) in [4.78, 5) is 17.3. The maximum absolute atomic E-state index is 12.4. The van der Waals surface area contributed by atoms with Crippen LogP contribution in [0.25, 0.3) is 0 Å². The third-order valence-corrected chi connectivity index (χ3v) is 9.56. The van der Waals surface area contributed by atoms with Gasteiger partial charge in [-0.05, 0) is 80.4 Å². The molecule has 7 heteroatoms. The van der Waals surface area contributed by atoms with Gasteiger partial charge < -0.3 is 14.7 Å². The van der Waals surface area contributed by atoms with Crippen LogP contribution in [0, 0.1) is 18.3 Å². The minimum absolute atomic E-state index is 0.329. The Morgan fingerprint density at radius 1 is 1.07 bits per heavy atom. The molecule has 0 saturated carbocycles. The van der Waals surface area contributed by atoms with Gasteiger partial charge in [0.1, 0.15) is 11.8 Å². The average Bonchev–Trinajstić information content (AvgIpc) is 3.56. The Hall–Kier alpha value is -3.16. The molecule has 0 bridgehead atoms. The fourth-order valence-corrected chi connectivity index (χ4v) is 7.50.